The monoisotopic (exact) mass is 325 g/mol. The number of rotatable bonds is 2. The summed E-state index contributed by atoms with van der Waals surface area (Å²) in [6.45, 7) is 0. The molecule has 0 atom stereocenters. The van der Waals surface area contributed by atoms with E-state index in [2.05, 4.69) is 21.2 Å². The predicted octanol–water partition coefficient (Wildman–Crippen LogP) is 4.06. The zero-order chi connectivity index (χ0) is 13.1. The van der Waals surface area contributed by atoms with Crippen LogP contribution in [0.1, 0.15) is 10.4 Å². The molecule has 5 heteroatoms. The van der Waals surface area contributed by atoms with E-state index in [-0.39, 0.29) is 17.2 Å². The molecular formula is C13H9BrClNO2. The van der Waals surface area contributed by atoms with Crippen LogP contribution in [0.2, 0.25) is 5.02 Å². The van der Waals surface area contributed by atoms with Gasteiger partial charge in [0, 0.05) is 15.2 Å². The SMILES string of the molecule is O=C(Nc1ccc(Cl)cc1)c1ccc(Br)cc1O. The highest BCUT2D eigenvalue weighted by atomic mass is 79.9. The molecule has 0 fully saturated rings. The third-order valence-corrected chi connectivity index (χ3v) is 3.05. The van der Waals surface area contributed by atoms with Gasteiger partial charge in [0.05, 0.1) is 5.56 Å². The molecule has 2 aromatic rings. The van der Waals surface area contributed by atoms with Crippen LogP contribution in [0.5, 0.6) is 5.75 Å². The smallest absolute Gasteiger partial charge is 0.259 e. The number of hydrogen-bond acceptors (Lipinski definition) is 2. The van der Waals surface area contributed by atoms with Crippen molar-refractivity contribution in [3.8, 4) is 5.75 Å². The van der Waals surface area contributed by atoms with Crippen molar-refractivity contribution in [1.29, 1.82) is 0 Å². The lowest BCUT2D eigenvalue weighted by atomic mass is 10.2. The second-order valence-electron chi connectivity index (χ2n) is 3.62. The average Bonchev–Trinajstić information content (AvgIpc) is 2.32. The Labute approximate surface area is 118 Å². The van der Waals surface area contributed by atoms with Crippen molar-refractivity contribution in [1.82, 2.24) is 0 Å². The Morgan fingerprint density at radius 3 is 2.44 bits per heavy atom. The van der Waals surface area contributed by atoms with Crippen LogP contribution in [0.25, 0.3) is 0 Å². The Morgan fingerprint density at radius 1 is 1.17 bits per heavy atom. The van der Waals surface area contributed by atoms with Gasteiger partial charge in [0.1, 0.15) is 5.75 Å². The second-order valence-corrected chi connectivity index (χ2v) is 4.97. The summed E-state index contributed by atoms with van der Waals surface area (Å²) >= 11 is 8.96. The van der Waals surface area contributed by atoms with Crippen LogP contribution in [0.15, 0.2) is 46.9 Å². The highest BCUT2D eigenvalue weighted by molar-refractivity contribution is 9.10. The molecule has 1 amide bonds. The highest BCUT2D eigenvalue weighted by Gasteiger charge is 2.11. The van der Waals surface area contributed by atoms with E-state index in [9.17, 15) is 9.90 Å². The van der Waals surface area contributed by atoms with Crippen molar-refractivity contribution in [2.24, 2.45) is 0 Å². The number of amides is 1. The van der Waals surface area contributed by atoms with E-state index in [4.69, 9.17) is 11.6 Å². The second kappa shape index (κ2) is 5.42. The van der Waals surface area contributed by atoms with Gasteiger partial charge in [0.2, 0.25) is 0 Å². The maximum Gasteiger partial charge on any atom is 0.259 e. The molecule has 0 heterocycles. The van der Waals surface area contributed by atoms with E-state index in [1.54, 1.807) is 36.4 Å². The topological polar surface area (TPSA) is 49.3 Å². The van der Waals surface area contributed by atoms with Crippen molar-refractivity contribution in [2.75, 3.05) is 5.32 Å². The summed E-state index contributed by atoms with van der Waals surface area (Å²) in [5.41, 5.74) is 0.833. The lowest BCUT2D eigenvalue weighted by Crippen LogP contribution is -2.11. The van der Waals surface area contributed by atoms with E-state index < -0.39 is 0 Å². The van der Waals surface area contributed by atoms with Gasteiger partial charge < -0.3 is 10.4 Å². The summed E-state index contributed by atoms with van der Waals surface area (Å²) in [6.07, 6.45) is 0. The minimum absolute atomic E-state index is 0.0733. The largest absolute Gasteiger partial charge is 0.507 e. The van der Waals surface area contributed by atoms with Crippen LogP contribution in [-0.4, -0.2) is 11.0 Å². The summed E-state index contributed by atoms with van der Waals surface area (Å²) < 4.78 is 0.711. The minimum atomic E-state index is -0.373. The summed E-state index contributed by atoms with van der Waals surface area (Å²) in [5.74, 6) is -0.446. The molecule has 0 saturated heterocycles. The highest BCUT2D eigenvalue weighted by Crippen LogP contribution is 2.23. The van der Waals surface area contributed by atoms with Gasteiger partial charge in [0.25, 0.3) is 5.91 Å². The van der Waals surface area contributed by atoms with E-state index in [1.807, 2.05) is 0 Å². The number of anilines is 1. The van der Waals surface area contributed by atoms with E-state index in [1.165, 1.54) is 6.07 Å². The molecular weight excluding hydrogens is 318 g/mol. The molecule has 2 rings (SSSR count). The third kappa shape index (κ3) is 3.03. The van der Waals surface area contributed by atoms with Crippen molar-refractivity contribution < 1.29 is 9.90 Å². The van der Waals surface area contributed by atoms with Crippen LogP contribution in [0, 0.1) is 0 Å². The summed E-state index contributed by atoms with van der Waals surface area (Å²) in [5, 5.41) is 12.9. The summed E-state index contributed by atoms with van der Waals surface area (Å²) in [4.78, 5) is 11.9. The lowest BCUT2D eigenvalue weighted by molar-refractivity contribution is 0.102. The van der Waals surface area contributed by atoms with Crippen LogP contribution in [0.3, 0.4) is 0 Å². The molecule has 0 aliphatic heterocycles. The quantitative estimate of drug-likeness (QED) is 0.874. The van der Waals surface area contributed by atoms with E-state index >= 15 is 0 Å². The van der Waals surface area contributed by atoms with Crippen LogP contribution >= 0.6 is 27.5 Å². The molecule has 2 aromatic carbocycles. The van der Waals surface area contributed by atoms with Crippen molar-refractivity contribution in [3.05, 3.63) is 57.5 Å². The molecule has 0 aliphatic carbocycles. The lowest BCUT2D eigenvalue weighted by Gasteiger charge is -2.07. The van der Waals surface area contributed by atoms with Gasteiger partial charge >= 0.3 is 0 Å². The standard InChI is InChI=1S/C13H9BrClNO2/c14-8-1-6-11(12(17)7-8)13(18)16-10-4-2-9(15)3-5-10/h1-7,17H,(H,16,18). The number of hydrogen-bond donors (Lipinski definition) is 2. The minimum Gasteiger partial charge on any atom is -0.507 e. The molecule has 0 bridgehead atoms. The first-order chi connectivity index (χ1) is 8.56. The van der Waals surface area contributed by atoms with Gasteiger partial charge in [-0.15, -0.1) is 0 Å². The molecule has 18 heavy (non-hydrogen) atoms. The number of phenolic OH excluding ortho intramolecular Hbond substituents is 1. The Bertz CT molecular complexity index is 584. The van der Waals surface area contributed by atoms with E-state index in [0.717, 1.165) is 0 Å². The van der Waals surface area contributed by atoms with Crippen molar-refractivity contribution >= 4 is 39.1 Å². The number of phenols is 1. The third-order valence-electron chi connectivity index (χ3n) is 2.31. The Balaban J connectivity index is 2.19. The molecule has 2 N–H and O–H groups in total. The predicted molar refractivity (Wildman–Crippen MR) is 75.2 cm³/mol. The fourth-order valence-corrected chi connectivity index (χ4v) is 1.90. The molecule has 3 nitrogen and oxygen atoms in total. The maximum atomic E-state index is 11.9. The van der Waals surface area contributed by atoms with E-state index in [0.29, 0.717) is 15.2 Å². The Hall–Kier alpha value is -1.52. The molecule has 92 valence electrons. The number of benzene rings is 2. The number of nitrogens with one attached hydrogen (secondary N) is 1. The number of aromatic hydroxyl groups is 1. The normalized spacial score (nSPS) is 10.1. The van der Waals surface area contributed by atoms with Gasteiger partial charge in [-0.25, -0.2) is 0 Å². The maximum absolute atomic E-state index is 11.9. The van der Waals surface area contributed by atoms with Gasteiger partial charge in [0.15, 0.2) is 0 Å². The molecule has 0 spiro atoms. The van der Waals surface area contributed by atoms with Crippen LogP contribution in [-0.2, 0) is 0 Å². The molecule has 0 radical (unpaired) electrons. The van der Waals surface area contributed by atoms with Crippen LogP contribution < -0.4 is 5.32 Å². The van der Waals surface area contributed by atoms with Gasteiger partial charge in [-0.1, -0.05) is 27.5 Å². The number of halogens is 2. The molecule has 0 unspecified atom stereocenters. The number of carbonyl (C=O) groups excluding carboxylic acids is 1. The van der Waals surface area contributed by atoms with Crippen molar-refractivity contribution in [2.45, 2.75) is 0 Å². The molecule has 0 aliphatic rings. The Morgan fingerprint density at radius 2 is 1.83 bits per heavy atom. The fraction of sp³-hybridized carbons (Fsp3) is 0. The Kier molecular flexibility index (Phi) is 3.89. The zero-order valence-electron chi connectivity index (χ0n) is 9.15. The summed E-state index contributed by atoms with van der Waals surface area (Å²) in [6, 6.07) is 11.4. The van der Waals surface area contributed by atoms with Gasteiger partial charge in [-0.2, -0.15) is 0 Å². The van der Waals surface area contributed by atoms with Gasteiger partial charge in [-0.3, -0.25) is 4.79 Å². The number of carbonyl (C=O) groups is 1. The first kappa shape index (κ1) is 12.9. The first-order valence-corrected chi connectivity index (χ1v) is 6.29. The van der Waals surface area contributed by atoms with Gasteiger partial charge in [-0.05, 0) is 42.5 Å². The average molecular weight is 327 g/mol. The van der Waals surface area contributed by atoms with Crippen LogP contribution in [0.4, 0.5) is 5.69 Å². The zero-order valence-corrected chi connectivity index (χ0v) is 11.5. The fourth-order valence-electron chi connectivity index (χ4n) is 1.43. The van der Waals surface area contributed by atoms with Crippen molar-refractivity contribution in [3.63, 3.8) is 0 Å². The molecule has 0 aromatic heterocycles. The summed E-state index contributed by atoms with van der Waals surface area (Å²) in [7, 11) is 0. The molecule has 0 saturated carbocycles. The first-order valence-electron chi connectivity index (χ1n) is 5.12.